The van der Waals surface area contributed by atoms with Crippen LogP contribution in [0.5, 0.6) is 0 Å². The van der Waals surface area contributed by atoms with E-state index in [0.717, 1.165) is 40.9 Å². The number of nitrogens with one attached hydrogen (secondary N) is 1. The lowest BCUT2D eigenvalue weighted by Crippen LogP contribution is -2.38. The predicted molar refractivity (Wildman–Crippen MR) is 102 cm³/mol. The number of halogens is 1. The Balaban J connectivity index is 1.69. The van der Waals surface area contributed by atoms with E-state index in [1.807, 2.05) is 43.4 Å². The molecule has 5 heteroatoms. The third-order valence-electron chi connectivity index (χ3n) is 4.28. The van der Waals surface area contributed by atoms with Crippen LogP contribution < -0.4 is 10.2 Å². The van der Waals surface area contributed by atoms with Gasteiger partial charge in [0.1, 0.15) is 0 Å². The smallest absolute Gasteiger partial charge is 0.242 e. The number of hydrogen-bond donors (Lipinski definition) is 1. The van der Waals surface area contributed by atoms with Gasteiger partial charge in [0.15, 0.2) is 0 Å². The van der Waals surface area contributed by atoms with Crippen LogP contribution in [0.3, 0.4) is 0 Å². The van der Waals surface area contributed by atoms with Gasteiger partial charge in [0.25, 0.3) is 0 Å². The highest BCUT2D eigenvalue weighted by Gasteiger charge is 2.19. The molecule has 0 radical (unpaired) electrons. The summed E-state index contributed by atoms with van der Waals surface area (Å²) in [5.74, 6) is 0.127. The Morgan fingerprint density at radius 3 is 2.79 bits per heavy atom. The van der Waals surface area contributed by atoms with Crippen molar-refractivity contribution in [3.8, 4) is 0 Å². The van der Waals surface area contributed by atoms with Crippen molar-refractivity contribution in [1.29, 1.82) is 0 Å². The molecule has 0 unspecified atom stereocenters. The third kappa shape index (κ3) is 3.90. The van der Waals surface area contributed by atoms with Crippen LogP contribution in [0.2, 0.25) is 0 Å². The quantitative estimate of drug-likeness (QED) is 0.867. The van der Waals surface area contributed by atoms with Crippen LogP contribution in [0, 0.1) is 0 Å². The number of nitrogens with zero attached hydrogens (tertiary/aromatic N) is 2. The Morgan fingerprint density at radius 2 is 1.96 bits per heavy atom. The largest absolute Gasteiger partial charge is 0.383 e. The highest BCUT2D eigenvalue weighted by atomic mass is 79.9. The van der Waals surface area contributed by atoms with Crippen LogP contribution >= 0.6 is 15.9 Å². The van der Waals surface area contributed by atoms with E-state index >= 15 is 0 Å². The summed E-state index contributed by atoms with van der Waals surface area (Å²) in [6, 6.07) is 16.2. The number of amides is 1. The van der Waals surface area contributed by atoms with Gasteiger partial charge in [-0.1, -0.05) is 46.3 Å². The maximum Gasteiger partial charge on any atom is 0.242 e. The monoisotopic (exact) mass is 387 g/mol. The van der Waals surface area contributed by atoms with Gasteiger partial charge in [0, 0.05) is 31.2 Å². The molecule has 0 saturated carbocycles. The first-order valence-electron chi connectivity index (χ1n) is 8.20. The Morgan fingerprint density at radius 1 is 1.21 bits per heavy atom. The number of benzene rings is 2. The highest BCUT2D eigenvalue weighted by molar-refractivity contribution is 9.10. The van der Waals surface area contributed by atoms with E-state index in [0.29, 0.717) is 13.1 Å². The van der Waals surface area contributed by atoms with Crippen molar-refractivity contribution in [2.75, 3.05) is 36.9 Å². The van der Waals surface area contributed by atoms with Crippen LogP contribution in [0.4, 0.5) is 11.4 Å². The average molecular weight is 388 g/mol. The first-order valence-corrected chi connectivity index (χ1v) is 8.99. The van der Waals surface area contributed by atoms with Crippen molar-refractivity contribution < 1.29 is 4.79 Å². The molecular formula is C19H22BrN3O. The molecule has 0 aromatic heterocycles. The topological polar surface area (TPSA) is 35.6 Å². The van der Waals surface area contributed by atoms with Gasteiger partial charge in [-0.15, -0.1) is 0 Å². The second-order valence-electron chi connectivity index (χ2n) is 6.06. The number of fused-ring (bicyclic) bond motifs is 1. The maximum absolute atomic E-state index is 12.7. The molecule has 126 valence electrons. The van der Waals surface area contributed by atoms with E-state index in [-0.39, 0.29) is 5.91 Å². The van der Waals surface area contributed by atoms with Crippen LogP contribution in [-0.4, -0.2) is 37.5 Å². The summed E-state index contributed by atoms with van der Waals surface area (Å²) >= 11 is 3.55. The standard InChI is InChI=1S/C19H22BrN3O/c1-22(13-15-7-2-3-8-16(15)20)19(24)14-23-12-6-11-21-17-9-4-5-10-18(17)23/h2-5,7-10,21H,6,11-14H2,1H3. The summed E-state index contributed by atoms with van der Waals surface area (Å²) in [6.45, 7) is 2.83. The van der Waals surface area contributed by atoms with Gasteiger partial charge in [0.2, 0.25) is 5.91 Å². The zero-order valence-electron chi connectivity index (χ0n) is 13.8. The summed E-state index contributed by atoms with van der Waals surface area (Å²) in [5, 5.41) is 3.43. The van der Waals surface area contributed by atoms with Crippen molar-refractivity contribution in [2.24, 2.45) is 0 Å². The van der Waals surface area contributed by atoms with E-state index < -0.39 is 0 Å². The van der Waals surface area contributed by atoms with Crippen molar-refractivity contribution in [3.05, 3.63) is 58.6 Å². The average Bonchev–Trinajstić information content (AvgIpc) is 2.79. The fourth-order valence-corrected chi connectivity index (χ4v) is 3.34. The minimum atomic E-state index is 0.127. The maximum atomic E-state index is 12.7. The number of rotatable bonds is 4. The molecule has 0 spiro atoms. The Bertz CT molecular complexity index is 719. The molecule has 0 fully saturated rings. The summed E-state index contributed by atoms with van der Waals surface area (Å²) in [7, 11) is 1.86. The second kappa shape index (κ2) is 7.71. The summed E-state index contributed by atoms with van der Waals surface area (Å²) in [4.78, 5) is 16.7. The zero-order chi connectivity index (χ0) is 16.9. The zero-order valence-corrected chi connectivity index (χ0v) is 15.4. The van der Waals surface area contributed by atoms with Crippen molar-refractivity contribution in [1.82, 2.24) is 4.90 Å². The SMILES string of the molecule is CN(Cc1ccccc1Br)C(=O)CN1CCCNc2ccccc21. The molecule has 1 aliphatic heterocycles. The van der Waals surface area contributed by atoms with Gasteiger partial charge in [-0.2, -0.15) is 0 Å². The van der Waals surface area contributed by atoms with Gasteiger partial charge in [-0.25, -0.2) is 0 Å². The van der Waals surface area contributed by atoms with Gasteiger partial charge < -0.3 is 15.1 Å². The van der Waals surface area contributed by atoms with E-state index in [2.05, 4.69) is 38.3 Å². The molecule has 3 rings (SSSR count). The molecule has 2 aromatic rings. The van der Waals surface area contributed by atoms with E-state index in [4.69, 9.17) is 0 Å². The highest BCUT2D eigenvalue weighted by Crippen LogP contribution is 2.28. The molecule has 24 heavy (non-hydrogen) atoms. The molecule has 1 amide bonds. The van der Waals surface area contributed by atoms with Crippen LogP contribution in [-0.2, 0) is 11.3 Å². The second-order valence-corrected chi connectivity index (χ2v) is 6.91. The molecular weight excluding hydrogens is 366 g/mol. The van der Waals surface area contributed by atoms with Gasteiger partial charge in [-0.05, 0) is 30.2 Å². The van der Waals surface area contributed by atoms with Gasteiger partial charge >= 0.3 is 0 Å². The summed E-state index contributed by atoms with van der Waals surface area (Å²) < 4.78 is 1.04. The van der Waals surface area contributed by atoms with E-state index in [1.54, 1.807) is 4.90 Å². The number of likely N-dealkylation sites (N-methyl/N-ethyl adjacent to an activating group) is 1. The van der Waals surface area contributed by atoms with Crippen molar-refractivity contribution >= 4 is 33.2 Å². The first kappa shape index (κ1) is 16.8. The molecule has 1 N–H and O–H groups in total. The van der Waals surface area contributed by atoms with Crippen molar-refractivity contribution in [2.45, 2.75) is 13.0 Å². The Labute approximate surface area is 151 Å². The fraction of sp³-hybridized carbons (Fsp3) is 0.316. The summed E-state index contributed by atoms with van der Waals surface area (Å²) in [5.41, 5.74) is 3.33. The lowest BCUT2D eigenvalue weighted by Gasteiger charge is -2.27. The van der Waals surface area contributed by atoms with Gasteiger partial charge in [0.05, 0.1) is 17.9 Å². The minimum absolute atomic E-state index is 0.127. The van der Waals surface area contributed by atoms with Gasteiger partial charge in [-0.3, -0.25) is 4.79 Å². The minimum Gasteiger partial charge on any atom is -0.383 e. The van der Waals surface area contributed by atoms with Crippen molar-refractivity contribution in [3.63, 3.8) is 0 Å². The number of anilines is 2. The summed E-state index contributed by atoms with van der Waals surface area (Å²) in [6.07, 6.45) is 1.02. The number of hydrogen-bond acceptors (Lipinski definition) is 3. The molecule has 4 nitrogen and oxygen atoms in total. The van der Waals surface area contributed by atoms with E-state index in [9.17, 15) is 4.79 Å². The lowest BCUT2D eigenvalue weighted by atomic mass is 10.2. The first-order chi connectivity index (χ1) is 11.6. The fourth-order valence-electron chi connectivity index (χ4n) is 2.93. The molecule has 0 atom stereocenters. The van der Waals surface area contributed by atoms with Crippen LogP contribution in [0.25, 0.3) is 0 Å². The number of para-hydroxylation sites is 2. The number of carbonyl (C=O) groups is 1. The Hall–Kier alpha value is -2.01. The predicted octanol–water partition coefficient (Wildman–Crippen LogP) is 3.73. The third-order valence-corrected chi connectivity index (χ3v) is 5.06. The number of carbonyl (C=O) groups excluding carboxylic acids is 1. The van der Waals surface area contributed by atoms with Crippen LogP contribution in [0.1, 0.15) is 12.0 Å². The lowest BCUT2D eigenvalue weighted by molar-refractivity contribution is -0.128. The molecule has 2 aromatic carbocycles. The molecule has 0 saturated heterocycles. The molecule has 0 bridgehead atoms. The van der Waals surface area contributed by atoms with E-state index in [1.165, 1.54) is 0 Å². The molecule has 1 aliphatic rings. The van der Waals surface area contributed by atoms with Crippen LogP contribution in [0.15, 0.2) is 53.0 Å². The molecule has 1 heterocycles. The molecule has 0 aliphatic carbocycles. The normalized spacial score (nSPS) is 13.7. The Kier molecular flexibility index (Phi) is 5.41.